The normalized spacial score (nSPS) is 15.2. The van der Waals surface area contributed by atoms with Crippen LogP contribution >= 0.6 is 0 Å². The van der Waals surface area contributed by atoms with E-state index in [4.69, 9.17) is 15.6 Å². The predicted molar refractivity (Wildman–Crippen MR) is 90.5 cm³/mol. The smallest absolute Gasteiger partial charge is 0.330 e. The molecule has 0 aromatic heterocycles. The SMILES string of the molecule is C#CC[C@@](C)(O[Si](CC)(CC)CC)/C(C)=C/C(=O)OCC. The van der Waals surface area contributed by atoms with Crippen molar-refractivity contribution in [2.45, 2.75) is 71.7 Å². The molecule has 0 radical (unpaired) electrons. The largest absolute Gasteiger partial charge is 0.463 e. The third-order valence-corrected chi connectivity index (χ3v) is 9.02. The Labute approximate surface area is 131 Å². The summed E-state index contributed by atoms with van der Waals surface area (Å²) in [6.45, 7) is 12.6. The first-order chi connectivity index (χ1) is 9.82. The molecule has 0 aliphatic heterocycles. The molecule has 0 rings (SSSR count). The van der Waals surface area contributed by atoms with Crippen LogP contribution in [0.15, 0.2) is 11.6 Å². The highest BCUT2D eigenvalue weighted by atomic mass is 28.4. The van der Waals surface area contributed by atoms with Gasteiger partial charge in [0.05, 0.1) is 12.2 Å². The molecule has 0 amide bonds. The van der Waals surface area contributed by atoms with Crippen LogP contribution in [0.1, 0.15) is 48.0 Å². The van der Waals surface area contributed by atoms with Crippen molar-refractivity contribution in [1.29, 1.82) is 0 Å². The second kappa shape index (κ2) is 9.06. The molecule has 0 heterocycles. The number of carbonyl (C=O) groups is 1. The van der Waals surface area contributed by atoms with Crippen molar-refractivity contribution in [1.82, 2.24) is 0 Å². The van der Waals surface area contributed by atoms with E-state index < -0.39 is 13.9 Å². The summed E-state index contributed by atoms with van der Waals surface area (Å²) in [4.78, 5) is 11.7. The zero-order valence-electron chi connectivity index (χ0n) is 14.4. The zero-order valence-corrected chi connectivity index (χ0v) is 15.4. The minimum atomic E-state index is -1.81. The van der Waals surface area contributed by atoms with Crippen molar-refractivity contribution in [3.8, 4) is 12.3 Å². The van der Waals surface area contributed by atoms with Crippen molar-refractivity contribution >= 4 is 14.3 Å². The van der Waals surface area contributed by atoms with Crippen LogP contribution in [0.2, 0.25) is 18.1 Å². The number of esters is 1. The molecule has 0 bridgehead atoms. The molecule has 0 aromatic rings. The first-order valence-corrected chi connectivity index (χ1v) is 10.3. The average Bonchev–Trinajstić information content (AvgIpc) is 2.45. The van der Waals surface area contributed by atoms with E-state index in [2.05, 4.69) is 26.7 Å². The molecule has 0 aliphatic rings. The lowest BCUT2D eigenvalue weighted by molar-refractivity contribution is -0.137. The summed E-state index contributed by atoms with van der Waals surface area (Å²) in [5.74, 6) is 2.36. The van der Waals surface area contributed by atoms with Gasteiger partial charge in [0.15, 0.2) is 8.32 Å². The van der Waals surface area contributed by atoms with E-state index in [0.29, 0.717) is 13.0 Å². The molecule has 0 unspecified atom stereocenters. The van der Waals surface area contributed by atoms with Crippen LogP contribution in [-0.4, -0.2) is 26.5 Å². The quantitative estimate of drug-likeness (QED) is 0.276. The van der Waals surface area contributed by atoms with Gasteiger partial charge < -0.3 is 9.16 Å². The fraction of sp³-hybridized carbons (Fsp3) is 0.706. The highest BCUT2D eigenvalue weighted by Gasteiger charge is 2.38. The highest BCUT2D eigenvalue weighted by Crippen LogP contribution is 2.34. The standard InChI is InChI=1S/C17H30O3Si/c1-8-13-17(7,15(6)14-16(18)19-9-2)20-21(10-3,11-4)12-5/h1,14H,9-13H2,2-7H3/b15-14+/t17-/m1/s1. The Morgan fingerprint density at radius 2 is 1.76 bits per heavy atom. The average molecular weight is 311 g/mol. The second-order valence-electron chi connectivity index (χ2n) is 5.54. The highest BCUT2D eigenvalue weighted by molar-refractivity contribution is 6.73. The van der Waals surface area contributed by atoms with Crippen molar-refractivity contribution < 1.29 is 14.0 Å². The van der Waals surface area contributed by atoms with E-state index >= 15 is 0 Å². The molecule has 0 saturated heterocycles. The lowest BCUT2D eigenvalue weighted by Gasteiger charge is -2.40. The fourth-order valence-electron chi connectivity index (χ4n) is 2.41. The molecule has 1 atom stereocenters. The van der Waals surface area contributed by atoms with Gasteiger partial charge in [-0.1, -0.05) is 20.8 Å². The van der Waals surface area contributed by atoms with Gasteiger partial charge in [-0.05, 0) is 44.5 Å². The van der Waals surface area contributed by atoms with Crippen LogP contribution in [0.5, 0.6) is 0 Å². The minimum Gasteiger partial charge on any atom is -0.463 e. The molecule has 120 valence electrons. The van der Waals surface area contributed by atoms with Crippen LogP contribution in [0, 0.1) is 12.3 Å². The van der Waals surface area contributed by atoms with Gasteiger partial charge in [0, 0.05) is 12.5 Å². The van der Waals surface area contributed by atoms with Crippen molar-refractivity contribution in [3.05, 3.63) is 11.6 Å². The Morgan fingerprint density at radius 1 is 1.24 bits per heavy atom. The lowest BCUT2D eigenvalue weighted by Crippen LogP contribution is -2.46. The number of hydrogen-bond acceptors (Lipinski definition) is 3. The fourth-order valence-corrected chi connectivity index (χ4v) is 5.53. The predicted octanol–water partition coefficient (Wildman–Crippen LogP) is 4.30. The molecule has 0 aromatic carbocycles. The maximum absolute atomic E-state index is 11.7. The zero-order chi connectivity index (χ0) is 16.5. The van der Waals surface area contributed by atoms with Gasteiger partial charge in [-0.15, -0.1) is 12.3 Å². The summed E-state index contributed by atoms with van der Waals surface area (Å²) >= 11 is 0. The van der Waals surface area contributed by atoms with Crippen molar-refractivity contribution in [2.24, 2.45) is 0 Å². The summed E-state index contributed by atoms with van der Waals surface area (Å²) in [7, 11) is -1.81. The van der Waals surface area contributed by atoms with E-state index in [1.807, 2.05) is 13.8 Å². The van der Waals surface area contributed by atoms with Crippen LogP contribution in [0.25, 0.3) is 0 Å². The maximum Gasteiger partial charge on any atom is 0.330 e. The molecule has 21 heavy (non-hydrogen) atoms. The molecule has 0 spiro atoms. The molecule has 0 N–H and O–H groups in total. The Bertz CT molecular complexity index is 396. The van der Waals surface area contributed by atoms with E-state index in [9.17, 15) is 4.79 Å². The van der Waals surface area contributed by atoms with E-state index in [-0.39, 0.29) is 5.97 Å². The van der Waals surface area contributed by atoms with E-state index in [1.54, 1.807) is 6.92 Å². The number of ether oxygens (including phenoxy) is 1. The number of terminal acetylenes is 1. The minimum absolute atomic E-state index is 0.335. The Morgan fingerprint density at radius 3 is 2.14 bits per heavy atom. The summed E-state index contributed by atoms with van der Waals surface area (Å²) in [6.07, 6.45) is 7.50. The first kappa shape index (κ1) is 19.9. The topological polar surface area (TPSA) is 35.5 Å². The van der Waals surface area contributed by atoms with Crippen LogP contribution in [-0.2, 0) is 14.0 Å². The lowest BCUT2D eigenvalue weighted by atomic mass is 9.93. The molecule has 0 fully saturated rings. The van der Waals surface area contributed by atoms with Crippen LogP contribution < -0.4 is 0 Å². The number of rotatable bonds is 9. The van der Waals surface area contributed by atoms with Crippen LogP contribution in [0.3, 0.4) is 0 Å². The molecular weight excluding hydrogens is 280 g/mol. The molecule has 4 heteroatoms. The third kappa shape index (κ3) is 5.68. The van der Waals surface area contributed by atoms with Gasteiger partial charge in [0.25, 0.3) is 0 Å². The molecule has 0 aliphatic carbocycles. The van der Waals surface area contributed by atoms with Crippen LogP contribution in [0.4, 0.5) is 0 Å². The van der Waals surface area contributed by atoms with Gasteiger partial charge in [-0.2, -0.15) is 0 Å². The third-order valence-electron chi connectivity index (χ3n) is 4.27. The second-order valence-corrected chi connectivity index (χ2v) is 10.2. The molecule has 3 nitrogen and oxygen atoms in total. The van der Waals surface area contributed by atoms with Gasteiger partial charge in [0.2, 0.25) is 0 Å². The maximum atomic E-state index is 11.7. The molecule has 0 saturated carbocycles. The Kier molecular flexibility index (Phi) is 8.61. The monoisotopic (exact) mass is 310 g/mol. The number of hydrogen-bond donors (Lipinski definition) is 0. The van der Waals surface area contributed by atoms with Gasteiger partial charge in [0.1, 0.15) is 0 Å². The molecular formula is C17H30O3Si. The van der Waals surface area contributed by atoms with E-state index in [0.717, 1.165) is 23.7 Å². The Hall–Kier alpha value is -1.05. The van der Waals surface area contributed by atoms with Gasteiger partial charge in [-0.25, -0.2) is 4.79 Å². The first-order valence-electron chi connectivity index (χ1n) is 7.82. The van der Waals surface area contributed by atoms with Gasteiger partial charge in [-0.3, -0.25) is 0 Å². The number of carbonyl (C=O) groups excluding carboxylic acids is 1. The Balaban J connectivity index is 5.42. The van der Waals surface area contributed by atoms with E-state index in [1.165, 1.54) is 6.08 Å². The van der Waals surface area contributed by atoms with Crippen molar-refractivity contribution in [3.63, 3.8) is 0 Å². The summed E-state index contributed by atoms with van der Waals surface area (Å²) in [6, 6.07) is 3.15. The summed E-state index contributed by atoms with van der Waals surface area (Å²) < 4.78 is 11.6. The van der Waals surface area contributed by atoms with Gasteiger partial charge >= 0.3 is 5.97 Å². The van der Waals surface area contributed by atoms with Crippen molar-refractivity contribution in [2.75, 3.05) is 6.61 Å². The summed E-state index contributed by atoms with van der Waals surface area (Å²) in [5, 5.41) is 0. The summed E-state index contributed by atoms with van der Waals surface area (Å²) in [5.41, 5.74) is 0.251.